The number of thiophene rings is 1. The molecule has 1 N–H and O–H groups in total. The molecule has 0 unspecified atom stereocenters. The summed E-state index contributed by atoms with van der Waals surface area (Å²) in [5, 5.41) is 5.80. The number of hydrogen-bond acceptors (Lipinski definition) is 3. The van der Waals surface area contributed by atoms with E-state index in [2.05, 4.69) is 35.8 Å². The van der Waals surface area contributed by atoms with Gasteiger partial charge in [0.05, 0.1) is 5.02 Å². The zero-order valence-corrected chi connectivity index (χ0v) is 14.8. The third-order valence-electron chi connectivity index (χ3n) is 4.53. The van der Waals surface area contributed by atoms with E-state index in [1.807, 2.05) is 23.1 Å². The lowest BCUT2D eigenvalue weighted by molar-refractivity contribution is 0.380. The second kappa shape index (κ2) is 6.91. The Bertz CT molecular complexity index is 602. The minimum absolute atomic E-state index is 0.446. The van der Waals surface area contributed by atoms with Crippen LogP contribution in [0.4, 0.5) is 0 Å². The van der Waals surface area contributed by atoms with Crippen LogP contribution in [0, 0.1) is 0 Å². The van der Waals surface area contributed by atoms with Crippen LogP contribution >= 0.6 is 34.7 Å². The monoisotopic (exact) mass is 339 g/mol. The molecule has 1 aliphatic rings. The van der Waals surface area contributed by atoms with Crippen molar-refractivity contribution in [3.8, 4) is 0 Å². The number of nitrogens with one attached hydrogen (secondary N) is 1. The molecule has 1 aromatic carbocycles. The molecule has 1 nitrogen and oxygen atoms in total. The van der Waals surface area contributed by atoms with Gasteiger partial charge in [-0.05, 0) is 25.2 Å². The molecule has 3 rings (SSSR count). The maximum atomic E-state index is 6.51. The van der Waals surface area contributed by atoms with Crippen LogP contribution in [0.3, 0.4) is 0 Å². The van der Waals surface area contributed by atoms with Gasteiger partial charge in [-0.3, -0.25) is 0 Å². The van der Waals surface area contributed by atoms with Gasteiger partial charge in [0, 0.05) is 32.8 Å². The molecule has 21 heavy (non-hydrogen) atoms. The van der Waals surface area contributed by atoms with Crippen LogP contribution in [0.1, 0.15) is 37.0 Å². The topological polar surface area (TPSA) is 12.0 Å². The molecular weight excluding hydrogens is 318 g/mol. The number of thioether (sulfide) groups is 1. The molecule has 0 amide bonds. The molecule has 114 valence electrons. The van der Waals surface area contributed by atoms with Gasteiger partial charge in [0.2, 0.25) is 0 Å². The summed E-state index contributed by atoms with van der Waals surface area (Å²) in [5.74, 6) is 0. The molecule has 0 spiro atoms. The first-order valence-electron chi connectivity index (χ1n) is 7.66. The summed E-state index contributed by atoms with van der Waals surface area (Å²) in [4.78, 5) is 1.27. The van der Waals surface area contributed by atoms with Crippen molar-refractivity contribution in [2.45, 2.75) is 43.4 Å². The van der Waals surface area contributed by atoms with Crippen LogP contribution in [0.15, 0.2) is 24.3 Å². The van der Waals surface area contributed by atoms with Gasteiger partial charge < -0.3 is 5.32 Å². The van der Waals surface area contributed by atoms with Crippen LogP contribution in [0.25, 0.3) is 10.1 Å². The Hall–Kier alpha value is -0.220. The molecule has 4 heteroatoms. The normalized spacial score (nSPS) is 18.2. The summed E-state index contributed by atoms with van der Waals surface area (Å²) in [7, 11) is 0. The number of halogens is 1. The predicted octanol–water partition coefficient (Wildman–Crippen LogP) is 5.71. The van der Waals surface area contributed by atoms with Gasteiger partial charge in [-0.25, -0.2) is 0 Å². The first-order chi connectivity index (χ1) is 10.2. The van der Waals surface area contributed by atoms with Crippen molar-refractivity contribution in [3.63, 3.8) is 0 Å². The average Bonchev–Trinajstić information content (AvgIpc) is 2.85. The van der Waals surface area contributed by atoms with Crippen molar-refractivity contribution < 1.29 is 0 Å². The largest absolute Gasteiger partial charge is 0.310 e. The molecule has 0 atom stereocenters. The Balaban J connectivity index is 1.65. The van der Waals surface area contributed by atoms with Crippen LogP contribution < -0.4 is 5.32 Å². The maximum absolute atomic E-state index is 6.51. The van der Waals surface area contributed by atoms with Crippen molar-refractivity contribution in [3.05, 3.63) is 34.2 Å². The third-order valence-corrected chi connectivity index (χ3v) is 7.67. The summed E-state index contributed by atoms with van der Waals surface area (Å²) in [6, 6.07) is 8.40. The molecular formula is C17H22ClNS2. The van der Waals surface area contributed by atoms with Gasteiger partial charge in [0.25, 0.3) is 0 Å². The molecule has 0 saturated heterocycles. The smallest absolute Gasteiger partial charge is 0.0636 e. The Labute approximate surface area is 140 Å². The van der Waals surface area contributed by atoms with Gasteiger partial charge in [0.1, 0.15) is 0 Å². The van der Waals surface area contributed by atoms with E-state index in [-0.39, 0.29) is 0 Å². The van der Waals surface area contributed by atoms with Gasteiger partial charge in [-0.15, -0.1) is 11.3 Å². The van der Waals surface area contributed by atoms with Crippen LogP contribution in [0.2, 0.25) is 5.02 Å². The summed E-state index contributed by atoms with van der Waals surface area (Å²) in [6.07, 6.45) is 9.13. The molecule has 1 fully saturated rings. The zero-order chi connectivity index (χ0) is 14.7. The van der Waals surface area contributed by atoms with Crippen LogP contribution in [-0.4, -0.2) is 17.5 Å². The Morgan fingerprint density at radius 2 is 2.00 bits per heavy atom. The fourth-order valence-electron chi connectivity index (χ4n) is 3.23. The average molecular weight is 340 g/mol. The van der Waals surface area contributed by atoms with E-state index in [1.54, 1.807) is 0 Å². The molecule has 0 bridgehead atoms. The van der Waals surface area contributed by atoms with Gasteiger partial charge in [-0.1, -0.05) is 49.1 Å². The summed E-state index contributed by atoms with van der Waals surface area (Å²) in [5.41, 5.74) is 0. The molecule has 1 saturated carbocycles. The highest BCUT2D eigenvalue weighted by Gasteiger charge is 2.30. The highest BCUT2D eigenvalue weighted by atomic mass is 35.5. The Morgan fingerprint density at radius 1 is 1.24 bits per heavy atom. The van der Waals surface area contributed by atoms with E-state index < -0.39 is 0 Å². The SMILES string of the molecule is CSC1(CNCc2sc3ccccc3c2Cl)CCCCC1. The van der Waals surface area contributed by atoms with E-state index in [0.29, 0.717) is 4.75 Å². The van der Waals surface area contributed by atoms with E-state index in [0.717, 1.165) is 18.1 Å². The molecule has 0 radical (unpaired) electrons. The van der Waals surface area contributed by atoms with Crippen molar-refractivity contribution in [2.24, 2.45) is 0 Å². The molecule has 0 aliphatic heterocycles. The molecule has 1 aliphatic carbocycles. The first-order valence-corrected chi connectivity index (χ1v) is 10.1. The second-order valence-corrected chi connectivity index (χ2v) is 8.68. The Kier molecular flexibility index (Phi) is 5.15. The lowest BCUT2D eigenvalue weighted by Crippen LogP contribution is -2.39. The summed E-state index contributed by atoms with van der Waals surface area (Å²) < 4.78 is 1.73. The quantitative estimate of drug-likeness (QED) is 0.748. The highest BCUT2D eigenvalue weighted by molar-refractivity contribution is 8.00. The van der Waals surface area contributed by atoms with Crippen molar-refractivity contribution in [2.75, 3.05) is 12.8 Å². The lowest BCUT2D eigenvalue weighted by atomic mass is 9.88. The van der Waals surface area contributed by atoms with Crippen molar-refractivity contribution in [1.29, 1.82) is 0 Å². The number of rotatable bonds is 5. The summed E-state index contributed by atoms with van der Waals surface area (Å²) in [6.45, 7) is 1.99. The molecule has 1 heterocycles. The summed E-state index contributed by atoms with van der Waals surface area (Å²) >= 11 is 10.4. The number of fused-ring (bicyclic) bond motifs is 1. The zero-order valence-electron chi connectivity index (χ0n) is 12.5. The van der Waals surface area contributed by atoms with E-state index >= 15 is 0 Å². The lowest BCUT2D eigenvalue weighted by Gasteiger charge is -2.36. The fourth-order valence-corrected chi connectivity index (χ4v) is 5.64. The second-order valence-electron chi connectivity index (χ2n) is 5.89. The van der Waals surface area contributed by atoms with Crippen molar-refractivity contribution >= 4 is 44.8 Å². The van der Waals surface area contributed by atoms with Crippen molar-refractivity contribution in [1.82, 2.24) is 5.32 Å². The Morgan fingerprint density at radius 3 is 2.71 bits per heavy atom. The van der Waals surface area contributed by atoms with E-state index in [9.17, 15) is 0 Å². The fraction of sp³-hybridized carbons (Fsp3) is 0.529. The first kappa shape index (κ1) is 15.7. The van der Waals surface area contributed by atoms with Gasteiger partial charge in [0.15, 0.2) is 0 Å². The van der Waals surface area contributed by atoms with E-state index in [1.165, 1.54) is 47.1 Å². The number of hydrogen-bond donors (Lipinski definition) is 1. The van der Waals surface area contributed by atoms with Gasteiger partial charge in [-0.2, -0.15) is 11.8 Å². The maximum Gasteiger partial charge on any atom is 0.0636 e. The van der Waals surface area contributed by atoms with Gasteiger partial charge >= 0.3 is 0 Å². The minimum atomic E-state index is 0.446. The third kappa shape index (κ3) is 3.42. The predicted molar refractivity (Wildman–Crippen MR) is 97.9 cm³/mol. The van der Waals surface area contributed by atoms with Crippen LogP contribution in [0.5, 0.6) is 0 Å². The van der Waals surface area contributed by atoms with Crippen LogP contribution in [-0.2, 0) is 6.54 Å². The molecule has 2 aromatic rings. The highest BCUT2D eigenvalue weighted by Crippen LogP contribution is 2.39. The minimum Gasteiger partial charge on any atom is -0.310 e. The van der Waals surface area contributed by atoms with E-state index in [4.69, 9.17) is 11.6 Å². The number of benzene rings is 1. The molecule has 1 aromatic heterocycles. The standard InChI is InChI=1S/C17H22ClNS2/c1-20-17(9-5-2-6-10-17)12-19-11-15-16(18)13-7-3-4-8-14(13)21-15/h3-4,7-8,19H,2,5-6,9-12H2,1H3.